The van der Waals surface area contributed by atoms with Gasteiger partial charge in [-0.15, -0.1) is 0 Å². The molecule has 2 aliphatic rings. The molecule has 2 aromatic rings. The molecule has 1 amide bonds. The number of hydrogen-bond acceptors (Lipinski definition) is 5. The van der Waals surface area contributed by atoms with Crippen molar-refractivity contribution in [3.8, 4) is 11.5 Å². The molecule has 0 aliphatic carbocycles. The zero-order chi connectivity index (χ0) is 21.3. The number of aromatic hydroxyl groups is 1. The molecule has 0 saturated carbocycles. The Morgan fingerprint density at radius 3 is 2.57 bits per heavy atom. The van der Waals surface area contributed by atoms with E-state index in [0.717, 1.165) is 34.2 Å². The Kier molecular flexibility index (Phi) is 5.84. The Morgan fingerprint density at radius 2 is 1.93 bits per heavy atom. The number of halogens is 1. The van der Waals surface area contributed by atoms with Gasteiger partial charge in [0.15, 0.2) is 11.5 Å². The number of benzene rings is 2. The summed E-state index contributed by atoms with van der Waals surface area (Å²) in [5.74, 6) is 0.716. The van der Waals surface area contributed by atoms with Gasteiger partial charge in [0.05, 0.1) is 7.11 Å². The van der Waals surface area contributed by atoms with Gasteiger partial charge >= 0.3 is 0 Å². The smallest absolute Gasteiger partial charge is 0.219 e. The lowest BCUT2D eigenvalue weighted by molar-refractivity contribution is -0.130. The average molecular weight is 472 g/mol. The fraction of sp³-hybridized carbons (Fsp3) is 0.391. The third kappa shape index (κ3) is 4.09. The van der Waals surface area contributed by atoms with E-state index < -0.39 is 5.66 Å². The van der Waals surface area contributed by atoms with Crippen molar-refractivity contribution >= 4 is 27.5 Å². The van der Waals surface area contributed by atoms with E-state index in [-0.39, 0.29) is 17.7 Å². The lowest BCUT2D eigenvalue weighted by Crippen LogP contribution is -2.56. The minimum atomic E-state index is -0.465. The number of para-hydroxylation sites is 1. The fourth-order valence-electron chi connectivity index (χ4n) is 4.35. The highest BCUT2D eigenvalue weighted by atomic mass is 79.9. The first kappa shape index (κ1) is 20.9. The average Bonchev–Trinajstić information content (AvgIpc) is 2.74. The number of nitrogens with zero attached hydrogens (tertiary/aromatic N) is 2. The van der Waals surface area contributed by atoms with Gasteiger partial charge in [-0.1, -0.05) is 40.2 Å². The molecule has 7 heteroatoms. The first-order valence-corrected chi connectivity index (χ1v) is 10.9. The molecule has 4 rings (SSSR count). The molecule has 2 N–H and O–H groups in total. The maximum atomic E-state index is 11.8. The molecule has 2 aliphatic heterocycles. The van der Waals surface area contributed by atoms with Gasteiger partial charge in [0.25, 0.3) is 0 Å². The molecule has 6 nitrogen and oxygen atoms in total. The summed E-state index contributed by atoms with van der Waals surface area (Å²) in [6.07, 6.45) is 2.11. The van der Waals surface area contributed by atoms with E-state index in [9.17, 15) is 9.90 Å². The summed E-state index contributed by atoms with van der Waals surface area (Å²) in [5, 5.41) is 14.5. The summed E-state index contributed by atoms with van der Waals surface area (Å²) in [4.78, 5) is 18.8. The zero-order valence-corrected chi connectivity index (χ0v) is 18.8. The number of piperidine rings is 1. The van der Waals surface area contributed by atoms with E-state index in [4.69, 9.17) is 9.73 Å². The minimum Gasteiger partial charge on any atom is -0.504 e. The van der Waals surface area contributed by atoms with Gasteiger partial charge in [0, 0.05) is 61.1 Å². The molecular formula is C23H26BrN3O3. The molecule has 0 radical (unpaired) electrons. The number of amides is 1. The van der Waals surface area contributed by atoms with Crippen molar-refractivity contribution in [2.45, 2.75) is 37.9 Å². The second kappa shape index (κ2) is 8.40. The molecule has 0 aromatic heterocycles. The van der Waals surface area contributed by atoms with Crippen LogP contribution in [0.3, 0.4) is 0 Å². The van der Waals surface area contributed by atoms with E-state index in [0.29, 0.717) is 25.3 Å². The van der Waals surface area contributed by atoms with Crippen LogP contribution in [0, 0.1) is 0 Å². The summed E-state index contributed by atoms with van der Waals surface area (Å²) in [6, 6.07) is 13.6. The number of aliphatic imine (C=N–C) groups is 1. The predicted octanol–water partition coefficient (Wildman–Crippen LogP) is 4.03. The van der Waals surface area contributed by atoms with Gasteiger partial charge < -0.3 is 14.7 Å². The van der Waals surface area contributed by atoms with E-state index in [2.05, 4.69) is 33.4 Å². The van der Waals surface area contributed by atoms with Crippen molar-refractivity contribution in [1.82, 2.24) is 10.2 Å². The third-order valence-corrected chi connectivity index (χ3v) is 6.56. The van der Waals surface area contributed by atoms with Crippen LogP contribution >= 0.6 is 15.9 Å². The lowest BCUT2D eigenvalue weighted by Gasteiger charge is -2.45. The molecule has 1 fully saturated rings. The molecule has 1 saturated heterocycles. The van der Waals surface area contributed by atoms with E-state index in [1.165, 1.54) is 0 Å². The number of hydrogen-bond donors (Lipinski definition) is 2. The zero-order valence-electron chi connectivity index (χ0n) is 17.2. The Bertz CT molecular complexity index is 966. The van der Waals surface area contributed by atoms with Crippen molar-refractivity contribution in [1.29, 1.82) is 0 Å². The first-order valence-electron chi connectivity index (χ1n) is 10.1. The Balaban J connectivity index is 1.72. The van der Waals surface area contributed by atoms with Crippen molar-refractivity contribution in [2.75, 3.05) is 20.2 Å². The Labute approximate surface area is 185 Å². The van der Waals surface area contributed by atoms with Crippen LogP contribution in [0.5, 0.6) is 11.5 Å². The molecule has 1 spiro atoms. The minimum absolute atomic E-state index is 0.0970. The number of methoxy groups -OCH3 is 1. The third-order valence-electron chi connectivity index (χ3n) is 6.03. The van der Waals surface area contributed by atoms with E-state index >= 15 is 0 Å². The van der Waals surface area contributed by atoms with Gasteiger partial charge in [0.1, 0.15) is 5.66 Å². The van der Waals surface area contributed by atoms with Crippen LogP contribution in [0.25, 0.3) is 0 Å². The Hall–Kier alpha value is -2.38. The van der Waals surface area contributed by atoms with Crippen LogP contribution in [-0.4, -0.2) is 47.5 Å². The SMILES string of the molecule is COc1cccc([C@@H]2CC(c3ccc(Br)cc3)=NC3(CCN(C(C)=O)CC3)N2)c1O. The number of ether oxygens (including phenoxy) is 1. The van der Waals surface area contributed by atoms with E-state index in [1.54, 1.807) is 20.1 Å². The highest BCUT2D eigenvalue weighted by Gasteiger charge is 2.41. The van der Waals surface area contributed by atoms with Crippen LogP contribution < -0.4 is 10.1 Å². The van der Waals surface area contributed by atoms with Crippen molar-refractivity contribution in [2.24, 2.45) is 4.99 Å². The van der Waals surface area contributed by atoms with Gasteiger partial charge in [-0.25, -0.2) is 0 Å². The monoisotopic (exact) mass is 471 g/mol. The summed E-state index contributed by atoms with van der Waals surface area (Å²) >= 11 is 3.50. The van der Waals surface area contributed by atoms with E-state index in [1.807, 2.05) is 29.2 Å². The number of likely N-dealkylation sites (tertiary alicyclic amines) is 1. The maximum Gasteiger partial charge on any atom is 0.219 e. The summed E-state index contributed by atoms with van der Waals surface area (Å²) in [7, 11) is 1.56. The van der Waals surface area contributed by atoms with Crippen LogP contribution in [0.2, 0.25) is 0 Å². The summed E-state index contributed by atoms with van der Waals surface area (Å²) < 4.78 is 6.34. The first-order chi connectivity index (χ1) is 14.4. The van der Waals surface area contributed by atoms with Gasteiger partial charge in [-0.3, -0.25) is 15.1 Å². The van der Waals surface area contributed by atoms with Crippen LogP contribution in [0.1, 0.15) is 43.4 Å². The molecule has 2 heterocycles. The van der Waals surface area contributed by atoms with Crippen LogP contribution in [0.15, 0.2) is 51.9 Å². The second-order valence-electron chi connectivity index (χ2n) is 7.90. The maximum absolute atomic E-state index is 11.8. The van der Waals surface area contributed by atoms with Gasteiger partial charge in [0.2, 0.25) is 5.91 Å². The van der Waals surface area contributed by atoms with Gasteiger partial charge in [-0.05, 0) is 23.8 Å². The highest BCUT2D eigenvalue weighted by molar-refractivity contribution is 9.10. The standard InChI is InChI=1S/C23H26BrN3O3/c1-15(28)27-12-10-23(11-13-27)25-19(16-6-8-17(24)9-7-16)14-20(26-23)18-4-3-5-21(30-2)22(18)29/h3-9,20,26,29H,10-14H2,1-2H3/t20-/m0/s1. The fourth-order valence-corrected chi connectivity index (χ4v) is 4.61. The molecular weight excluding hydrogens is 446 g/mol. The topological polar surface area (TPSA) is 74.2 Å². The molecule has 158 valence electrons. The number of phenolic OH excluding ortho intramolecular Hbond substituents is 1. The van der Waals surface area contributed by atoms with Crippen molar-refractivity contribution < 1.29 is 14.6 Å². The quantitative estimate of drug-likeness (QED) is 0.708. The number of nitrogens with one attached hydrogen (secondary N) is 1. The lowest BCUT2D eigenvalue weighted by atomic mass is 9.87. The van der Waals surface area contributed by atoms with Crippen LogP contribution in [-0.2, 0) is 4.79 Å². The highest BCUT2D eigenvalue weighted by Crippen LogP contribution is 2.40. The second-order valence-corrected chi connectivity index (χ2v) is 8.82. The largest absolute Gasteiger partial charge is 0.504 e. The Morgan fingerprint density at radius 1 is 1.23 bits per heavy atom. The number of phenols is 1. The van der Waals surface area contributed by atoms with Crippen LogP contribution in [0.4, 0.5) is 0 Å². The molecule has 0 unspecified atom stereocenters. The summed E-state index contributed by atoms with van der Waals surface area (Å²) in [5.41, 5.74) is 2.41. The molecule has 1 atom stereocenters. The number of carbonyl (C=O) groups is 1. The molecule has 30 heavy (non-hydrogen) atoms. The van der Waals surface area contributed by atoms with Crippen molar-refractivity contribution in [3.63, 3.8) is 0 Å². The summed E-state index contributed by atoms with van der Waals surface area (Å²) in [6.45, 7) is 2.94. The molecule has 2 aromatic carbocycles. The molecule has 0 bridgehead atoms. The normalized spacial score (nSPS) is 20.7. The number of rotatable bonds is 3. The predicted molar refractivity (Wildman–Crippen MR) is 120 cm³/mol. The van der Waals surface area contributed by atoms with Crippen molar-refractivity contribution in [3.05, 3.63) is 58.1 Å². The number of carbonyl (C=O) groups excluding carboxylic acids is 1. The van der Waals surface area contributed by atoms with Gasteiger partial charge in [-0.2, -0.15) is 0 Å².